The first-order chi connectivity index (χ1) is 18.9. The summed E-state index contributed by atoms with van der Waals surface area (Å²) in [5.41, 5.74) is 8.75. The van der Waals surface area contributed by atoms with E-state index in [-0.39, 0.29) is 5.57 Å². The van der Waals surface area contributed by atoms with Gasteiger partial charge in [-0.3, -0.25) is 0 Å². The number of aryl methyl sites for hydroxylation is 2. The Labute approximate surface area is 232 Å². The molecule has 190 valence electrons. The standard InChI is InChI=1S/C34H26N2O2S/c1-23-3-13-29(14-4-23)36(30-15-5-24(2)6-16-30)31-17-11-26(12-18-31)25-7-9-27(10-8-25)33-20-19-32(39-33)21-28(22-35)34(37)38/h3-21H,1-2H3,(H,37,38)/b28-21-. The predicted molar refractivity (Wildman–Crippen MR) is 161 cm³/mol. The average molecular weight is 527 g/mol. The van der Waals surface area contributed by atoms with Gasteiger partial charge in [0, 0.05) is 26.8 Å². The van der Waals surface area contributed by atoms with E-state index in [0.717, 1.165) is 43.5 Å². The van der Waals surface area contributed by atoms with Crippen molar-refractivity contribution in [3.05, 3.63) is 131 Å². The minimum Gasteiger partial charge on any atom is -0.477 e. The molecule has 1 N–H and O–H groups in total. The van der Waals surface area contributed by atoms with Crippen molar-refractivity contribution in [2.75, 3.05) is 4.90 Å². The summed E-state index contributed by atoms with van der Waals surface area (Å²) in [6.45, 7) is 4.19. The highest BCUT2D eigenvalue weighted by Gasteiger charge is 2.13. The molecule has 0 spiro atoms. The van der Waals surface area contributed by atoms with Crippen LogP contribution in [0.2, 0.25) is 0 Å². The van der Waals surface area contributed by atoms with E-state index >= 15 is 0 Å². The Morgan fingerprint density at radius 1 is 0.692 bits per heavy atom. The number of aliphatic carboxylic acids is 1. The first kappa shape index (κ1) is 25.7. The zero-order valence-corrected chi connectivity index (χ0v) is 22.4. The molecule has 5 aromatic rings. The van der Waals surface area contributed by atoms with Crippen LogP contribution in [0.25, 0.3) is 27.6 Å². The highest BCUT2D eigenvalue weighted by Crippen LogP contribution is 2.36. The second-order valence-corrected chi connectivity index (χ2v) is 10.4. The van der Waals surface area contributed by atoms with Gasteiger partial charge in [0.25, 0.3) is 0 Å². The molecule has 0 saturated carbocycles. The quantitative estimate of drug-likeness (QED) is 0.170. The Hall–Kier alpha value is -4.92. The van der Waals surface area contributed by atoms with Gasteiger partial charge in [-0.1, -0.05) is 71.8 Å². The number of thiophene rings is 1. The number of hydrogen-bond acceptors (Lipinski definition) is 4. The van der Waals surface area contributed by atoms with Crippen LogP contribution < -0.4 is 4.90 Å². The summed E-state index contributed by atoms with van der Waals surface area (Å²) in [6, 6.07) is 39.5. The molecule has 1 aromatic heterocycles. The zero-order valence-electron chi connectivity index (χ0n) is 21.6. The average Bonchev–Trinajstić information content (AvgIpc) is 3.43. The SMILES string of the molecule is Cc1ccc(N(c2ccc(C)cc2)c2ccc(-c3ccc(-c4ccc(/C=C(/C#N)C(=O)O)s4)cc3)cc2)cc1. The van der Waals surface area contributed by atoms with E-state index in [9.17, 15) is 4.79 Å². The first-order valence-corrected chi connectivity index (χ1v) is 13.3. The lowest BCUT2D eigenvalue weighted by Gasteiger charge is -2.26. The molecular weight excluding hydrogens is 500 g/mol. The summed E-state index contributed by atoms with van der Waals surface area (Å²) < 4.78 is 0. The lowest BCUT2D eigenvalue weighted by molar-refractivity contribution is -0.132. The lowest BCUT2D eigenvalue weighted by atomic mass is 10.0. The van der Waals surface area contributed by atoms with Gasteiger partial charge in [0.05, 0.1) is 0 Å². The van der Waals surface area contributed by atoms with E-state index in [1.807, 2.05) is 12.1 Å². The second kappa shape index (κ2) is 11.2. The maximum Gasteiger partial charge on any atom is 0.346 e. The molecular formula is C34H26N2O2S. The van der Waals surface area contributed by atoms with Gasteiger partial charge in [0.15, 0.2) is 0 Å². The van der Waals surface area contributed by atoms with E-state index in [0.29, 0.717) is 0 Å². The van der Waals surface area contributed by atoms with E-state index in [4.69, 9.17) is 10.4 Å². The van der Waals surface area contributed by atoms with Crippen molar-refractivity contribution in [3.8, 4) is 27.6 Å². The van der Waals surface area contributed by atoms with Crippen LogP contribution >= 0.6 is 11.3 Å². The van der Waals surface area contributed by atoms with Crippen molar-refractivity contribution in [2.24, 2.45) is 0 Å². The number of carbonyl (C=O) groups is 1. The van der Waals surface area contributed by atoms with Crippen LogP contribution in [-0.4, -0.2) is 11.1 Å². The Kier molecular flexibility index (Phi) is 7.40. The molecule has 4 aromatic carbocycles. The highest BCUT2D eigenvalue weighted by molar-refractivity contribution is 7.16. The minimum atomic E-state index is -1.22. The van der Waals surface area contributed by atoms with Gasteiger partial charge in [-0.25, -0.2) is 4.79 Å². The molecule has 5 rings (SSSR count). The number of rotatable bonds is 7. The van der Waals surface area contributed by atoms with Gasteiger partial charge in [-0.05, 0) is 85.1 Å². The van der Waals surface area contributed by atoms with Gasteiger partial charge < -0.3 is 10.0 Å². The number of nitriles is 1. The van der Waals surface area contributed by atoms with Gasteiger partial charge in [0.1, 0.15) is 11.6 Å². The highest BCUT2D eigenvalue weighted by atomic mass is 32.1. The van der Waals surface area contributed by atoms with Crippen LogP contribution in [0.5, 0.6) is 0 Å². The van der Waals surface area contributed by atoms with Crippen LogP contribution in [0.15, 0.2) is 115 Å². The number of hydrogen-bond donors (Lipinski definition) is 1. The molecule has 0 radical (unpaired) electrons. The Bertz CT molecular complexity index is 1630. The van der Waals surface area contributed by atoms with Crippen LogP contribution in [0.4, 0.5) is 17.1 Å². The molecule has 0 bridgehead atoms. The first-order valence-electron chi connectivity index (χ1n) is 12.5. The van der Waals surface area contributed by atoms with Crippen molar-refractivity contribution < 1.29 is 9.90 Å². The van der Waals surface area contributed by atoms with Gasteiger partial charge >= 0.3 is 5.97 Å². The molecule has 4 nitrogen and oxygen atoms in total. The molecule has 0 aliphatic heterocycles. The lowest BCUT2D eigenvalue weighted by Crippen LogP contribution is -2.09. The normalized spacial score (nSPS) is 11.2. The topological polar surface area (TPSA) is 64.3 Å². The number of carboxylic acids is 1. The van der Waals surface area contributed by atoms with E-state index in [2.05, 4.69) is 116 Å². The summed E-state index contributed by atoms with van der Waals surface area (Å²) in [6.07, 6.45) is 1.41. The fourth-order valence-corrected chi connectivity index (χ4v) is 5.29. The summed E-state index contributed by atoms with van der Waals surface area (Å²) in [5.74, 6) is -1.22. The van der Waals surface area contributed by atoms with Crippen LogP contribution in [-0.2, 0) is 4.79 Å². The monoisotopic (exact) mass is 526 g/mol. The largest absolute Gasteiger partial charge is 0.477 e. The molecule has 0 saturated heterocycles. The minimum absolute atomic E-state index is 0.273. The predicted octanol–water partition coefficient (Wildman–Crippen LogP) is 9.16. The fourth-order valence-electron chi connectivity index (χ4n) is 4.33. The van der Waals surface area contributed by atoms with Crippen molar-refractivity contribution >= 4 is 40.4 Å². The number of nitrogens with zero attached hydrogens (tertiary/aromatic N) is 2. The summed E-state index contributed by atoms with van der Waals surface area (Å²) in [5, 5.41) is 18.1. The third kappa shape index (κ3) is 5.82. The summed E-state index contributed by atoms with van der Waals surface area (Å²) in [4.78, 5) is 15.1. The van der Waals surface area contributed by atoms with Gasteiger partial charge in [-0.15, -0.1) is 11.3 Å². The maximum atomic E-state index is 11.1. The number of carboxylic acid groups (broad SMARTS) is 1. The number of anilines is 3. The van der Waals surface area contributed by atoms with Gasteiger partial charge in [0.2, 0.25) is 0 Å². The Morgan fingerprint density at radius 3 is 1.59 bits per heavy atom. The zero-order chi connectivity index (χ0) is 27.4. The van der Waals surface area contributed by atoms with Crippen LogP contribution in [0.3, 0.4) is 0 Å². The van der Waals surface area contributed by atoms with Crippen LogP contribution in [0, 0.1) is 25.2 Å². The third-order valence-electron chi connectivity index (χ3n) is 6.48. The third-order valence-corrected chi connectivity index (χ3v) is 7.56. The Morgan fingerprint density at radius 2 is 1.13 bits per heavy atom. The van der Waals surface area contributed by atoms with Gasteiger partial charge in [-0.2, -0.15) is 5.26 Å². The molecule has 5 heteroatoms. The molecule has 0 aliphatic rings. The second-order valence-electron chi connectivity index (χ2n) is 9.31. The van der Waals surface area contributed by atoms with Crippen molar-refractivity contribution in [2.45, 2.75) is 13.8 Å². The molecule has 0 fully saturated rings. The summed E-state index contributed by atoms with van der Waals surface area (Å²) >= 11 is 1.46. The van der Waals surface area contributed by atoms with E-state index < -0.39 is 5.97 Å². The van der Waals surface area contributed by atoms with Crippen molar-refractivity contribution in [1.82, 2.24) is 0 Å². The van der Waals surface area contributed by atoms with E-state index in [1.165, 1.54) is 28.5 Å². The molecule has 0 amide bonds. The molecule has 0 aliphatic carbocycles. The van der Waals surface area contributed by atoms with Crippen molar-refractivity contribution in [1.29, 1.82) is 5.26 Å². The summed E-state index contributed by atoms with van der Waals surface area (Å²) in [7, 11) is 0. The molecule has 0 unspecified atom stereocenters. The maximum absolute atomic E-state index is 11.1. The van der Waals surface area contributed by atoms with Crippen LogP contribution in [0.1, 0.15) is 16.0 Å². The molecule has 0 atom stereocenters. The smallest absolute Gasteiger partial charge is 0.346 e. The molecule has 1 heterocycles. The molecule has 39 heavy (non-hydrogen) atoms. The Balaban J connectivity index is 1.40. The number of benzene rings is 4. The van der Waals surface area contributed by atoms with E-state index in [1.54, 1.807) is 6.07 Å². The fraction of sp³-hybridized carbons (Fsp3) is 0.0588. The van der Waals surface area contributed by atoms with Crippen molar-refractivity contribution in [3.63, 3.8) is 0 Å².